The summed E-state index contributed by atoms with van der Waals surface area (Å²) in [5.74, 6) is -0.549. The highest BCUT2D eigenvalue weighted by Gasteiger charge is 2.30. The van der Waals surface area contributed by atoms with E-state index in [9.17, 15) is 18.0 Å². The van der Waals surface area contributed by atoms with Crippen LogP contribution in [0.25, 0.3) is 5.82 Å². The van der Waals surface area contributed by atoms with Crippen LogP contribution in [-0.2, 0) is 4.74 Å². The van der Waals surface area contributed by atoms with Crippen molar-refractivity contribution in [2.45, 2.75) is 39.2 Å². The minimum atomic E-state index is -4.56. The Hall–Kier alpha value is -3.02. The third-order valence-corrected chi connectivity index (χ3v) is 5.30. The molecule has 1 amide bonds. The van der Waals surface area contributed by atoms with Crippen LogP contribution in [0.1, 0.15) is 41.7 Å². The van der Waals surface area contributed by atoms with E-state index < -0.39 is 19.0 Å². The van der Waals surface area contributed by atoms with Crippen molar-refractivity contribution in [2.24, 2.45) is 0 Å². The number of carbonyl (C=O) groups is 1. The number of halogens is 5. The number of rotatable bonds is 9. The number of aryl methyl sites for hydroxylation is 1. The minimum absolute atomic E-state index is 0.135. The van der Waals surface area contributed by atoms with E-state index in [1.54, 1.807) is 25.1 Å². The summed E-state index contributed by atoms with van der Waals surface area (Å²) in [5, 5.41) is 10.6. The van der Waals surface area contributed by atoms with Crippen LogP contribution < -0.4 is 15.4 Å². The van der Waals surface area contributed by atoms with Crippen molar-refractivity contribution in [1.29, 1.82) is 0 Å². The predicted octanol–water partition coefficient (Wildman–Crippen LogP) is 5.72. The summed E-state index contributed by atoms with van der Waals surface area (Å²) < 4.78 is 50.0. The highest BCUT2D eigenvalue weighted by molar-refractivity contribution is 6.32. The molecule has 1 unspecified atom stereocenters. The average Bonchev–Trinajstić information content (AvgIpc) is 3.20. The molecule has 2 N–H and O–H groups in total. The number of hydrogen-bond donors (Lipinski definition) is 2. The molecule has 194 valence electrons. The molecule has 0 aliphatic heterocycles. The van der Waals surface area contributed by atoms with Gasteiger partial charge in [0.05, 0.1) is 22.0 Å². The molecule has 0 aliphatic rings. The molecule has 0 saturated heterocycles. The number of methoxy groups -OCH3 is 1. The van der Waals surface area contributed by atoms with Crippen LogP contribution in [-0.4, -0.2) is 46.6 Å². The first-order chi connectivity index (χ1) is 16.9. The van der Waals surface area contributed by atoms with Gasteiger partial charge in [-0.15, -0.1) is 5.10 Å². The van der Waals surface area contributed by atoms with Crippen LogP contribution in [0.3, 0.4) is 0 Å². The molecule has 0 bridgehead atoms. The lowest BCUT2D eigenvalue weighted by Gasteiger charge is -2.23. The number of benzene rings is 1. The highest BCUT2D eigenvalue weighted by atomic mass is 35.5. The third kappa shape index (κ3) is 6.80. The first-order valence-corrected chi connectivity index (χ1v) is 11.5. The van der Waals surface area contributed by atoms with E-state index in [2.05, 4.69) is 20.7 Å². The topological polar surface area (TPSA) is 90.3 Å². The molecule has 36 heavy (non-hydrogen) atoms. The summed E-state index contributed by atoms with van der Waals surface area (Å²) in [4.78, 5) is 17.1. The van der Waals surface area contributed by atoms with E-state index in [1.807, 2.05) is 13.8 Å². The van der Waals surface area contributed by atoms with Gasteiger partial charge < -0.3 is 20.1 Å². The Balaban J connectivity index is 2.08. The number of pyridine rings is 1. The summed E-state index contributed by atoms with van der Waals surface area (Å²) in [6.07, 6.45) is -4.12. The van der Waals surface area contributed by atoms with Gasteiger partial charge in [0.1, 0.15) is 0 Å². The fourth-order valence-corrected chi connectivity index (χ4v) is 3.80. The lowest BCUT2D eigenvalue weighted by Crippen LogP contribution is -2.31. The zero-order valence-electron chi connectivity index (χ0n) is 19.8. The number of nitrogens with zero attached hydrogens (tertiary/aromatic N) is 3. The number of amides is 1. The Labute approximate surface area is 215 Å². The molecule has 1 atom stereocenters. The van der Waals surface area contributed by atoms with Gasteiger partial charge in [0.2, 0.25) is 5.88 Å². The maximum atomic E-state index is 12.9. The van der Waals surface area contributed by atoms with Crippen molar-refractivity contribution in [3.8, 4) is 11.7 Å². The van der Waals surface area contributed by atoms with Crippen LogP contribution in [0.2, 0.25) is 10.0 Å². The number of carbonyl (C=O) groups excluding carboxylic acids is 1. The molecular weight excluding hydrogens is 522 g/mol. The second kappa shape index (κ2) is 11.4. The maximum absolute atomic E-state index is 12.9. The SMILES string of the molecule is COC(Nc1c(C)cc(Cl)cc1C(=O)NC(C)C)c1cc(OCC(F)(F)F)nn1-c1ncccc1Cl. The summed E-state index contributed by atoms with van der Waals surface area (Å²) in [6.45, 7) is 3.84. The van der Waals surface area contributed by atoms with Crippen molar-refractivity contribution in [1.82, 2.24) is 20.1 Å². The molecule has 13 heteroatoms. The Morgan fingerprint density at radius 1 is 1.22 bits per heavy atom. The van der Waals surface area contributed by atoms with E-state index in [-0.39, 0.29) is 39.9 Å². The maximum Gasteiger partial charge on any atom is 0.422 e. The number of alkyl halides is 3. The zero-order chi connectivity index (χ0) is 26.6. The molecule has 2 heterocycles. The fourth-order valence-electron chi connectivity index (χ4n) is 3.33. The monoisotopic (exact) mass is 545 g/mol. The van der Waals surface area contributed by atoms with Crippen LogP contribution >= 0.6 is 23.2 Å². The average molecular weight is 546 g/mol. The Morgan fingerprint density at radius 2 is 1.94 bits per heavy atom. The van der Waals surface area contributed by atoms with Gasteiger partial charge in [-0.2, -0.15) is 13.2 Å². The summed E-state index contributed by atoms with van der Waals surface area (Å²) in [5.41, 5.74) is 1.52. The van der Waals surface area contributed by atoms with Gasteiger partial charge in [-0.25, -0.2) is 9.67 Å². The van der Waals surface area contributed by atoms with Gasteiger partial charge in [-0.3, -0.25) is 4.79 Å². The van der Waals surface area contributed by atoms with E-state index >= 15 is 0 Å². The molecule has 1 aromatic carbocycles. The molecule has 3 rings (SSSR count). The van der Waals surface area contributed by atoms with Gasteiger partial charge in [0.15, 0.2) is 18.7 Å². The molecule has 8 nitrogen and oxygen atoms in total. The van der Waals surface area contributed by atoms with E-state index in [4.69, 9.17) is 32.7 Å². The molecule has 3 aromatic rings. The number of ether oxygens (including phenoxy) is 2. The van der Waals surface area contributed by atoms with E-state index in [0.717, 1.165) is 0 Å². The van der Waals surface area contributed by atoms with Crippen molar-refractivity contribution >= 4 is 34.8 Å². The Bertz CT molecular complexity index is 1230. The highest BCUT2D eigenvalue weighted by Crippen LogP contribution is 2.33. The summed E-state index contributed by atoms with van der Waals surface area (Å²) in [6, 6.07) is 7.46. The number of nitrogens with one attached hydrogen (secondary N) is 2. The number of hydrogen-bond acceptors (Lipinski definition) is 6. The fraction of sp³-hybridized carbons (Fsp3) is 0.348. The second-order valence-corrected chi connectivity index (χ2v) is 8.91. The first-order valence-electron chi connectivity index (χ1n) is 10.7. The smallest absolute Gasteiger partial charge is 0.422 e. The van der Waals surface area contributed by atoms with E-state index in [1.165, 1.54) is 30.1 Å². The lowest BCUT2D eigenvalue weighted by molar-refractivity contribution is -0.154. The van der Waals surface area contributed by atoms with Crippen molar-refractivity contribution in [2.75, 3.05) is 19.0 Å². The van der Waals surface area contributed by atoms with Crippen molar-refractivity contribution in [3.05, 3.63) is 63.4 Å². The lowest BCUT2D eigenvalue weighted by atomic mass is 10.1. The number of anilines is 1. The van der Waals surface area contributed by atoms with Gasteiger partial charge >= 0.3 is 6.18 Å². The molecule has 0 saturated carbocycles. The van der Waals surface area contributed by atoms with Crippen LogP contribution in [0.5, 0.6) is 5.88 Å². The molecule has 0 radical (unpaired) electrons. The minimum Gasteiger partial charge on any atom is -0.467 e. The van der Waals surface area contributed by atoms with Gasteiger partial charge in [-0.1, -0.05) is 23.2 Å². The second-order valence-electron chi connectivity index (χ2n) is 8.07. The molecular formula is C23H24Cl2F3N5O3. The Morgan fingerprint density at radius 3 is 2.56 bits per heavy atom. The standard InChI is InChI=1S/C23H24Cl2F3N5O3/c1-12(2)30-21(34)15-9-14(24)8-13(3)19(15)31-22(35-4)17-10-18(36-11-23(26,27)28)32-33(17)20-16(25)6-5-7-29-20/h5-10,12,22,31H,11H2,1-4H3,(H,30,34). The van der Waals surface area contributed by atoms with Gasteiger partial charge in [-0.05, 0) is 50.6 Å². The normalized spacial score (nSPS) is 12.5. The zero-order valence-corrected chi connectivity index (χ0v) is 21.3. The number of aromatic nitrogens is 3. The molecule has 0 aliphatic carbocycles. The largest absolute Gasteiger partial charge is 0.467 e. The summed E-state index contributed by atoms with van der Waals surface area (Å²) >= 11 is 12.5. The quantitative estimate of drug-likeness (QED) is 0.334. The van der Waals surface area contributed by atoms with Crippen molar-refractivity contribution < 1.29 is 27.4 Å². The van der Waals surface area contributed by atoms with E-state index in [0.29, 0.717) is 16.3 Å². The Kier molecular flexibility index (Phi) is 8.70. The predicted molar refractivity (Wildman–Crippen MR) is 130 cm³/mol. The van der Waals surface area contributed by atoms with Gasteiger partial charge in [0.25, 0.3) is 5.91 Å². The molecule has 0 spiro atoms. The van der Waals surface area contributed by atoms with Crippen LogP contribution in [0.4, 0.5) is 18.9 Å². The van der Waals surface area contributed by atoms with Gasteiger partial charge in [0, 0.05) is 30.4 Å². The molecule has 0 fully saturated rings. The third-order valence-electron chi connectivity index (χ3n) is 4.78. The van der Waals surface area contributed by atoms with Crippen LogP contribution in [0.15, 0.2) is 36.5 Å². The summed E-state index contributed by atoms with van der Waals surface area (Å²) in [7, 11) is 1.38. The first kappa shape index (κ1) is 27.6. The van der Waals surface area contributed by atoms with Crippen LogP contribution in [0, 0.1) is 6.92 Å². The van der Waals surface area contributed by atoms with Crippen molar-refractivity contribution in [3.63, 3.8) is 0 Å². The molecule has 2 aromatic heterocycles.